The van der Waals surface area contributed by atoms with Gasteiger partial charge in [-0.2, -0.15) is 10.2 Å². The van der Waals surface area contributed by atoms with E-state index in [-0.39, 0.29) is 0 Å². The molecule has 0 unspecified atom stereocenters. The fourth-order valence-corrected chi connectivity index (χ4v) is 1.37. The molecule has 0 spiro atoms. The van der Waals surface area contributed by atoms with Crippen LogP contribution >= 0.6 is 11.6 Å². The summed E-state index contributed by atoms with van der Waals surface area (Å²) in [6, 6.07) is 5.34. The molecule has 0 amide bonds. The standard InChI is InChI=1S/C10H10ClN5/c11-7-4-9(12)10(13-5-7)14-6-8-2-1-3-15-16-8/h1-5H,6,12H2,(H,13,14). The molecule has 0 fully saturated rings. The second kappa shape index (κ2) is 4.76. The van der Waals surface area contributed by atoms with Crippen LogP contribution in [0.5, 0.6) is 0 Å². The van der Waals surface area contributed by atoms with Gasteiger partial charge in [-0.3, -0.25) is 0 Å². The predicted molar refractivity (Wildman–Crippen MR) is 63.0 cm³/mol. The summed E-state index contributed by atoms with van der Waals surface area (Å²) in [5.74, 6) is 0.593. The summed E-state index contributed by atoms with van der Waals surface area (Å²) in [4.78, 5) is 4.08. The molecule has 0 saturated carbocycles. The lowest BCUT2D eigenvalue weighted by Crippen LogP contribution is -2.06. The Hall–Kier alpha value is -1.88. The highest BCUT2D eigenvalue weighted by molar-refractivity contribution is 6.30. The van der Waals surface area contributed by atoms with Crippen LogP contribution in [0.1, 0.15) is 5.69 Å². The van der Waals surface area contributed by atoms with Crippen molar-refractivity contribution in [1.29, 1.82) is 0 Å². The van der Waals surface area contributed by atoms with Gasteiger partial charge in [0.2, 0.25) is 0 Å². The summed E-state index contributed by atoms with van der Waals surface area (Å²) < 4.78 is 0. The highest BCUT2D eigenvalue weighted by atomic mass is 35.5. The first-order chi connectivity index (χ1) is 7.75. The SMILES string of the molecule is Nc1cc(Cl)cnc1NCc1cccnn1. The van der Waals surface area contributed by atoms with Gasteiger partial charge in [0.15, 0.2) is 0 Å². The smallest absolute Gasteiger partial charge is 0.149 e. The summed E-state index contributed by atoms with van der Waals surface area (Å²) in [7, 11) is 0. The summed E-state index contributed by atoms with van der Waals surface area (Å²) in [6.45, 7) is 0.521. The van der Waals surface area contributed by atoms with E-state index in [0.29, 0.717) is 23.1 Å². The number of pyridine rings is 1. The Bertz CT molecular complexity index is 474. The lowest BCUT2D eigenvalue weighted by molar-refractivity contribution is 0.921. The van der Waals surface area contributed by atoms with E-state index in [0.717, 1.165) is 5.69 Å². The molecule has 5 nitrogen and oxygen atoms in total. The van der Waals surface area contributed by atoms with Crippen LogP contribution in [0.4, 0.5) is 11.5 Å². The van der Waals surface area contributed by atoms with Crippen LogP contribution in [0.3, 0.4) is 0 Å². The maximum absolute atomic E-state index is 5.74. The van der Waals surface area contributed by atoms with Gasteiger partial charge in [-0.25, -0.2) is 4.98 Å². The normalized spacial score (nSPS) is 10.1. The third-order valence-corrected chi connectivity index (χ3v) is 2.15. The zero-order valence-electron chi connectivity index (χ0n) is 8.39. The highest BCUT2D eigenvalue weighted by Gasteiger charge is 2.01. The van der Waals surface area contributed by atoms with E-state index in [1.807, 2.05) is 12.1 Å². The van der Waals surface area contributed by atoms with E-state index in [4.69, 9.17) is 17.3 Å². The van der Waals surface area contributed by atoms with Crippen LogP contribution in [0, 0.1) is 0 Å². The lowest BCUT2D eigenvalue weighted by atomic mass is 10.3. The van der Waals surface area contributed by atoms with Crippen molar-refractivity contribution in [3.63, 3.8) is 0 Å². The van der Waals surface area contributed by atoms with Crippen LogP contribution in [-0.4, -0.2) is 15.2 Å². The molecule has 0 atom stereocenters. The van der Waals surface area contributed by atoms with Crippen molar-refractivity contribution in [2.24, 2.45) is 0 Å². The van der Waals surface area contributed by atoms with Gasteiger partial charge >= 0.3 is 0 Å². The highest BCUT2D eigenvalue weighted by Crippen LogP contribution is 2.19. The summed E-state index contributed by atoms with van der Waals surface area (Å²) in [5.41, 5.74) is 7.07. The van der Waals surface area contributed by atoms with Crippen LogP contribution in [0.15, 0.2) is 30.6 Å². The third kappa shape index (κ3) is 2.58. The Morgan fingerprint density at radius 2 is 2.31 bits per heavy atom. The van der Waals surface area contributed by atoms with Crippen molar-refractivity contribution >= 4 is 23.1 Å². The number of hydrogen-bond donors (Lipinski definition) is 2. The molecule has 0 aliphatic carbocycles. The van der Waals surface area contributed by atoms with E-state index < -0.39 is 0 Å². The van der Waals surface area contributed by atoms with Crippen LogP contribution < -0.4 is 11.1 Å². The number of hydrogen-bond acceptors (Lipinski definition) is 5. The first kappa shape index (κ1) is 10.6. The molecule has 16 heavy (non-hydrogen) atoms. The van der Waals surface area contributed by atoms with Crippen molar-refractivity contribution in [2.45, 2.75) is 6.54 Å². The molecule has 2 rings (SSSR count). The first-order valence-corrected chi connectivity index (χ1v) is 5.05. The first-order valence-electron chi connectivity index (χ1n) is 4.67. The largest absolute Gasteiger partial charge is 0.396 e. The van der Waals surface area contributed by atoms with E-state index in [9.17, 15) is 0 Å². The van der Waals surface area contributed by atoms with Gasteiger partial charge in [0.1, 0.15) is 5.82 Å². The zero-order valence-corrected chi connectivity index (χ0v) is 9.15. The number of nitrogens with zero attached hydrogens (tertiary/aromatic N) is 3. The summed E-state index contributed by atoms with van der Waals surface area (Å²) in [6.07, 6.45) is 3.16. The van der Waals surface area contributed by atoms with Crippen molar-refractivity contribution < 1.29 is 0 Å². The van der Waals surface area contributed by atoms with Gasteiger partial charge in [0.05, 0.1) is 22.9 Å². The van der Waals surface area contributed by atoms with Crippen LogP contribution in [0.2, 0.25) is 5.02 Å². The predicted octanol–water partition coefficient (Wildman–Crippen LogP) is 1.72. The molecule has 82 valence electrons. The van der Waals surface area contributed by atoms with Crippen molar-refractivity contribution in [2.75, 3.05) is 11.1 Å². The van der Waals surface area contributed by atoms with E-state index in [1.165, 1.54) is 6.20 Å². The Morgan fingerprint density at radius 1 is 1.44 bits per heavy atom. The second-order valence-corrected chi connectivity index (χ2v) is 3.60. The maximum Gasteiger partial charge on any atom is 0.149 e. The molecule has 0 bridgehead atoms. The van der Waals surface area contributed by atoms with Crippen molar-refractivity contribution in [3.05, 3.63) is 41.3 Å². The van der Waals surface area contributed by atoms with Crippen LogP contribution in [-0.2, 0) is 6.54 Å². The Morgan fingerprint density at radius 3 is 3.00 bits per heavy atom. The molecule has 0 radical (unpaired) electrons. The molecule has 0 aliphatic rings. The number of nitrogens with one attached hydrogen (secondary N) is 1. The van der Waals surface area contributed by atoms with Gasteiger partial charge in [0.25, 0.3) is 0 Å². The number of nitrogen functional groups attached to an aromatic ring is 1. The van der Waals surface area contributed by atoms with Gasteiger partial charge < -0.3 is 11.1 Å². The Labute approximate surface area is 97.7 Å². The molecule has 2 heterocycles. The molecule has 6 heteroatoms. The van der Waals surface area contributed by atoms with Gasteiger partial charge in [-0.05, 0) is 18.2 Å². The van der Waals surface area contributed by atoms with E-state index >= 15 is 0 Å². The average molecular weight is 236 g/mol. The summed E-state index contributed by atoms with van der Waals surface area (Å²) in [5, 5.41) is 11.3. The number of halogens is 1. The lowest BCUT2D eigenvalue weighted by Gasteiger charge is -2.07. The zero-order chi connectivity index (χ0) is 11.4. The average Bonchev–Trinajstić information content (AvgIpc) is 2.29. The molecule has 0 aliphatic heterocycles. The minimum atomic E-state index is 0.511. The topological polar surface area (TPSA) is 76.7 Å². The third-order valence-electron chi connectivity index (χ3n) is 1.95. The van der Waals surface area contributed by atoms with E-state index in [2.05, 4.69) is 20.5 Å². The van der Waals surface area contributed by atoms with Gasteiger partial charge in [-0.1, -0.05) is 11.6 Å². The number of nitrogens with two attached hydrogens (primary N) is 1. The quantitative estimate of drug-likeness (QED) is 0.847. The monoisotopic (exact) mass is 235 g/mol. The fraction of sp³-hybridized carbons (Fsp3) is 0.100. The van der Waals surface area contributed by atoms with E-state index in [1.54, 1.807) is 12.3 Å². The van der Waals surface area contributed by atoms with Crippen molar-refractivity contribution in [1.82, 2.24) is 15.2 Å². The number of anilines is 2. The number of rotatable bonds is 3. The minimum Gasteiger partial charge on any atom is -0.396 e. The molecule has 0 saturated heterocycles. The maximum atomic E-state index is 5.74. The van der Waals surface area contributed by atoms with Gasteiger partial charge in [-0.15, -0.1) is 0 Å². The molecular weight excluding hydrogens is 226 g/mol. The Balaban J connectivity index is 2.05. The molecule has 0 aromatic carbocycles. The minimum absolute atomic E-state index is 0.511. The molecular formula is C10H10ClN5. The van der Waals surface area contributed by atoms with Gasteiger partial charge in [0, 0.05) is 12.4 Å². The number of aromatic nitrogens is 3. The second-order valence-electron chi connectivity index (χ2n) is 3.16. The summed E-state index contributed by atoms with van der Waals surface area (Å²) >= 11 is 5.74. The van der Waals surface area contributed by atoms with Crippen molar-refractivity contribution in [3.8, 4) is 0 Å². The fourth-order valence-electron chi connectivity index (χ4n) is 1.20. The molecule has 2 aromatic heterocycles. The van der Waals surface area contributed by atoms with Crippen LogP contribution in [0.25, 0.3) is 0 Å². The Kier molecular flexibility index (Phi) is 3.16. The molecule has 2 aromatic rings. The molecule has 3 N–H and O–H groups in total.